The smallest absolute Gasteiger partial charge is 0.400 e. The molecule has 1 fully saturated rings. The van der Waals surface area contributed by atoms with Gasteiger partial charge in [0, 0.05) is 0 Å². The Bertz CT molecular complexity index is 592. The van der Waals surface area contributed by atoms with E-state index in [1.807, 2.05) is 12.1 Å². The summed E-state index contributed by atoms with van der Waals surface area (Å²) in [4.78, 5) is 2.53. The predicted molar refractivity (Wildman–Crippen MR) is 128 cm³/mol. The van der Waals surface area contributed by atoms with Gasteiger partial charge in [-0.25, -0.2) is 0 Å². The molecule has 1 aromatic rings. The fraction of sp³-hybridized carbons (Fsp3) is 0.680. The molecule has 1 aliphatic rings. The van der Waals surface area contributed by atoms with Crippen LogP contribution in [0.5, 0.6) is 0 Å². The van der Waals surface area contributed by atoms with E-state index in [0.717, 1.165) is 11.5 Å². The van der Waals surface area contributed by atoms with Crippen LogP contribution in [0.2, 0.25) is 0 Å². The molecule has 0 aliphatic carbocycles. The fourth-order valence-corrected chi connectivity index (χ4v) is 3.02. The Labute approximate surface area is 181 Å². The Balaban J connectivity index is 0.000000331. The Morgan fingerprint density at radius 3 is 1.97 bits per heavy atom. The van der Waals surface area contributed by atoms with E-state index in [4.69, 9.17) is 9.31 Å². The van der Waals surface area contributed by atoms with Gasteiger partial charge in [-0.1, -0.05) is 69.6 Å². The summed E-state index contributed by atoms with van der Waals surface area (Å²) >= 11 is 0. The van der Waals surface area contributed by atoms with E-state index in [1.54, 1.807) is 0 Å². The van der Waals surface area contributed by atoms with Crippen LogP contribution < -0.4 is 0 Å². The summed E-state index contributed by atoms with van der Waals surface area (Å²) < 4.78 is 11.8. The normalized spacial score (nSPS) is 17.8. The van der Waals surface area contributed by atoms with Crippen molar-refractivity contribution < 1.29 is 9.31 Å². The van der Waals surface area contributed by atoms with Crippen LogP contribution >= 0.6 is 0 Å². The Kier molecular flexibility index (Phi) is 10.7. The van der Waals surface area contributed by atoms with Crippen LogP contribution in [0.25, 0.3) is 6.08 Å². The van der Waals surface area contributed by atoms with Gasteiger partial charge in [-0.3, -0.25) is 0 Å². The first-order valence-corrected chi connectivity index (χ1v) is 11.3. The standard InChI is InChI=1S/C15H21BO2.C10H23N/c1-12-6-8-13(9-7-12)10-11-16-17-14(2,3)15(4,5)18-16;1-5-8-11(6-2)9-7-10(3)4/h6-11H,1-5H3;10H,5-9H2,1-4H3/b11-10+;. The molecule has 29 heavy (non-hydrogen) atoms. The fourth-order valence-electron chi connectivity index (χ4n) is 3.02. The van der Waals surface area contributed by atoms with Gasteiger partial charge in [0.05, 0.1) is 11.2 Å². The van der Waals surface area contributed by atoms with Gasteiger partial charge in [-0.15, -0.1) is 0 Å². The molecule has 1 aromatic carbocycles. The molecule has 4 heteroatoms. The lowest BCUT2D eigenvalue weighted by Gasteiger charge is -2.32. The number of nitrogens with zero attached hydrogens (tertiary/aromatic N) is 1. The largest absolute Gasteiger partial charge is 0.487 e. The van der Waals surface area contributed by atoms with E-state index in [0.29, 0.717) is 0 Å². The molecule has 2 rings (SSSR count). The zero-order valence-electron chi connectivity index (χ0n) is 20.4. The van der Waals surface area contributed by atoms with Crippen molar-refractivity contribution >= 4 is 13.2 Å². The van der Waals surface area contributed by atoms with Crippen LogP contribution in [0.4, 0.5) is 0 Å². The van der Waals surface area contributed by atoms with Crippen LogP contribution in [0.15, 0.2) is 30.2 Å². The lowest BCUT2D eigenvalue weighted by Crippen LogP contribution is -2.41. The molecule has 0 atom stereocenters. The van der Waals surface area contributed by atoms with Crippen molar-refractivity contribution in [2.75, 3.05) is 19.6 Å². The summed E-state index contributed by atoms with van der Waals surface area (Å²) in [5.41, 5.74) is 1.89. The van der Waals surface area contributed by atoms with E-state index >= 15 is 0 Å². The van der Waals surface area contributed by atoms with E-state index in [-0.39, 0.29) is 18.3 Å². The van der Waals surface area contributed by atoms with Gasteiger partial charge >= 0.3 is 7.12 Å². The first-order chi connectivity index (χ1) is 13.5. The van der Waals surface area contributed by atoms with Crippen LogP contribution in [-0.4, -0.2) is 42.9 Å². The minimum Gasteiger partial charge on any atom is -0.400 e. The van der Waals surface area contributed by atoms with Crippen LogP contribution in [-0.2, 0) is 9.31 Å². The molecule has 0 spiro atoms. The zero-order chi connectivity index (χ0) is 22.1. The molecule has 0 N–H and O–H groups in total. The highest BCUT2D eigenvalue weighted by molar-refractivity contribution is 6.52. The third-order valence-corrected chi connectivity index (χ3v) is 5.80. The first-order valence-electron chi connectivity index (χ1n) is 11.3. The number of hydrogen-bond donors (Lipinski definition) is 0. The molecule has 0 saturated carbocycles. The van der Waals surface area contributed by atoms with E-state index in [2.05, 4.69) is 91.5 Å². The van der Waals surface area contributed by atoms with Gasteiger partial charge in [0.2, 0.25) is 0 Å². The van der Waals surface area contributed by atoms with Crippen LogP contribution in [0, 0.1) is 12.8 Å². The average Bonchev–Trinajstić information content (AvgIpc) is 2.85. The summed E-state index contributed by atoms with van der Waals surface area (Å²) in [6, 6.07) is 8.39. The molecule has 0 radical (unpaired) electrons. The van der Waals surface area contributed by atoms with Gasteiger partial charge in [-0.05, 0) is 78.6 Å². The van der Waals surface area contributed by atoms with Crippen LogP contribution in [0.3, 0.4) is 0 Å². The number of hydrogen-bond acceptors (Lipinski definition) is 3. The SMILES string of the molecule is CCCN(CC)CCC(C)C.Cc1ccc(/C=C/B2OC(C)(C)C(C)(C)O2)cc1. The highest BCUT2D eigenvalue weighted by Crippen LogP contribution is 2.37. The van der Waals surface area contributed by atoms with Crippen LogP contribution in [0.1, 0.15) is 79.4 Å². The molecule has 0 unspecified atom stereocenters. The number of benzene rings is 1. The highest BCUT2D eigenvalue weighted by atomic mass is 16.7. The second kappa shape index (κ2) is 11.9. The summed E-state index contributed by atoms with van der Waals surface area (Å²) in [6.45, 7) is 23.2. The highest BCUT2D eigenvalue weighted by Gasteiger charge is 2.49. The maximum absolute atomic E-state index is 5.90. The van der Waals surface area contributed by atoms with Crippen molar-refractivity contribution in [1.29, 1.82) is 0 Å². The van der Waals surface area contributed by atoms with E-state index < -0.39 is 0 Å². The second-order valence-corrected chi connectivity index (χ2v) is 9.51. The zero-order valence-corrected chi connectivity index (χ0v) is 20.4. The average molecular weight is 401 g/mol. The monoisotopic (exact) mass is 401 g/mol. The molecule has 1 saturated heterocycles. The van der Waals surface area contributed by atoms with E-state index in [1.165, 1.54) is 38.0 Å². The van der Waals surface area contributed by atoms with Gasteiger partial charge in [0.15, 0.2) is 0 Å². The summed E-state index contributed by atoms with van der Waals surface area (Å²) in [7, 11) is -0.267. The molecule has 1 heterocycles. The third-order valence-electron chi connectivity index (χ3n) is 5.80. The topological polar surface area (TPSA) is 21.7 Å². The second-order valence-electron chi connectivity index (χ2n) is 9.51. The molecule has 1 aliphatic heterocycles. The Morgan fingerprint density at radius 2 is 1.52 bits per heavy atom. The minimum absolute atomic E-state index is 0.267. The van der Waals surface area contributed by atoms with Gasteiger partial charge in [-0.2, -0.15) is 0 Å². The summed E-state index contributed by atoms with van der Waals surface area (Å²) in [5, 5.41) is 0. The van der Waals surface area contributed by atoms with Gasteiger partial charge in [0.25, 0.3) is 0 Å². The Morgan fingerprint density at radius 1 is 0.966 bits per heavy atom. The molecule has 0 aromatic heterocycles. The molecular formula is C25H44BNO2. The van der Waals surface area contributed by atoms with E-state index in [9.17, 15) is 0 Å². The Hall–Kier alpha value is -1.10. The lowest BCUT2D eigenvalue weighted by atomic mass is 9.89. The van der Waals surface area contributed by atoms with Crippen molar-refractivity contribution in [1.82, 2.24) is 4.90 Å². The van der Waals surface area contributed by atoms with Crippen molar-refractivity contribution in [3.05, 3.63) is 41.4 Å². The van der Waals surface area contributed by atoms with Crippen molar-refractivity contribution in [2.45, 2.75) is 86.4 Å². The molecular weight excluding hydrogens is 357 g/mol. The number of rotatable bonds is 8. The summed E-state index contributed by atoms with van der Waals surface area (Å²) in [5.74, 6) is 2.82. The maximum atomic E-state index is 5.90. The van der Waals surface area contributed by atoms with Crippen molar-refractivity contribution in [3.63, 3.8) is 0 Å². The van der Waals surface area contributed by atoms with Gasteiger partial charge < -0.3 is 14.2 Å². The first kappa shape index (κ1) is 25.9. The molecule has 0 bridgehead atoms. The third kappa shape index (κ3) is 9.07. The lowest BCUT2D eigenvalue weighted by molar-refractivity contribution is 0.00578. The predicted octanol–water partition coefficient (Wildman–Crippen LogP) is 6.40. The molecule has 164 valence electrons. The minimum atomic E-state index is -0.269. The van der Waals surface area contributed by atoms with Crippen molar-refractivity contribution in [2.24, 2.45) is 5.92 Å². The maximum Gasteiger partial charge on any atom is 0.487 e. The molecule has 0 amide bonds. The van der Waals surface area contributed by atoms with Gasteiger partial charge in [0.1, 0.15) is 0 Å². The number of aryl methyl sites for hydroxylation is 1. The quantitative estimate of drug-likeness (QED) is 0.470. The molecule has 3 nitrogen and oxygen atoms in total. The summed E-state index contributed by atoms with van der Waals surface area (Å²) in [6.07, 6.45) is 4.67. The van der Waals surface area contributed by atoms with Crippen molar-refractivity contribution in [3.8, 4) is 0 Å².